The zero-order chi connectivity index (χ0) is 23.8. The van der Waals surface area contributed by atoms with E-state index in [0.29, 0.717) is 41.7 Å². The first kappa shape index (κ1) is 21.6. The van der Waals surface area contributed by atoms with E-state index in [4.69, 9.17) is 0 Å². The van der Waals surface area contributed by atoms with E-state index in [-0.39, 0.29) is 5.91 Å². The van der Waals surface area contributed by atoms with Crippen molar-refractivity contribution in [2.75, 3.05) is 10.6 Å². The zero-order valence-electron chi connectivity index (χ0n) is 18.9. The SMILES string of the molecule is CC(C)CCn1c(=O)c(=O)n(-c2ccccc2)c2cnc(Nc3ccc4c(c3)CC(=O)N4)nc21. The molecule has 3 heterocycles. The van der Waals surface area contributed by atoms with Gasteiger partial charge in [-0.1, -0.05) is 32.0 Å². The number of hydrogen-bond donors (Lipinski definition) is 2. The average Bonchev–Trinajstić information content (AvgIpc) is 3.19. The van der Waals surface area contributed by atoms with Crippen LogP contribution in [-0.2, 0) is 17.8 Å². The minimum Gasteiger partial charge on any atom is -0.326 e. The molecule has 0 atom stereocenters. The van der Waals surface area contributed by atoms with E-state index >= 15 is 0 Å². The van der Waals surface area contributed by atoms with Gasteiger partial charge in [0.15, 0.2) is 5.65 Å². The lowest BCUT2D eigenvalue weighted by Crippen LogP contribution is -2.41. The summed E-state index contributed by atoms with van der Waals surface area (Å²) in [5, 5.41) is 5.97. The Labute approximate surface area is 195 Å². The summed E-state index contributed by atoms with van der Waals surface area (Å²) in [6.45, 7) is 4.50. The molecule has 0 aliphatic carbocycles. The third-order valence-corrected chi connectivity index (χ3v) is 5.81. The van der Waals surface area contributed by atoms with E-state index in [9.17, 15) is 14.4 Å². The molecule has 0 bridgehead atoms. The first-order valence-corrected chi connectivity index (χ1v) is 11.2. The van der Waals surface area contributed by atoms with Gasteiger partial charge in [-0.3, -0.25) is 23.5 Å². The Morgan fingerprint density at radius 1 is 1.06 bits per heavy atom. The van der Waals surface area contributed by atoms with Gasteiger partial charge in [-0.05, 0) is 48.2 Å². The molecule has 34 heavy (non-hydrogen) atoms. The third kappa shape index (κ3) is 3.96. The van der Waals surface area contributed by atoms with Crippen LogP contribution in [-0.4, -0.2) is 25.0 Å². The molecule has 0 spiro atoms. The standard InChI is InChI=1S/C25H24N6O3/c1-15(2)10-11-30-22-20(31(24(34)23(30)33)18-6-4-3-5-7-18)14-26-25(29-22)27-17-8-9-19-16(12-17)13-21(32)28-19/h3-9,12,14-15H,10-11,13H2,1-2H3,(H,28,32)(H,26,27,29). The molecule has 1 aliphatic rings. The number of anilines is 3. The van der Waals surface area contributed by atoms with Crippen LogP contribution in [0.4, 0.5) is 17.3 Å². The van der Waals surface area contributed by atoms with E-state index in [2.05, 4.69) is 34.4 Å². The van der Waals surface area contributed by atoms with E-state index < -0.39 is 11.1 Å². The number of benzene rings is 2. The Morgan fingerprint density at radius 3 is 2.62 bits per heavy atom. The van der Waals surface area contributed by atoms with Crippen LogP contribution in [0.5, 0.6) is 0 Å². The first-order valence-electron chi connectivity index (χ1n) is 11.2. The summed E-state index contributed by atoms with van der Waals surface area (Å²) >= 11 is 0. The minimum atomic E-state index is -0.637. The van der Waals surface area contributed by atoms with Gasteiger partial charge in [0, 0.05) is 23.6 Å². The maximum Gasteiger partial charge on any atom is 0.321 e. The van der Waals surface area contributed by atoms with Crippen LogP contribution in [0, 0.1) is 5.92 Å². The number of aromatic nitrogens is 4. The largest absolute Gasteiger partial charge is 0.326 e. The predicted molar refractivity (Wildman–Crippen MR) is 131 cm³/mol. The Morgan fingerprint density at radius 2 is 1.85 bits per heavy atom. The summed E-state index contributed by atoms with van der Waals surface area (Å²) < 4.78 is 2.80. The quantitative estimate of drug-likeness (QED) is 0.431. The Bertz CT molecular complexity index is 1520. The normalized spacial score (nSPS) is 12.7. The number of hydrogen-bond acceptors (Lipinski definition) is 6. The second-order valence-corrected chi connectivity index (χ2v) is 8.74. The molecule has 0 unspecified atom stereocenters. The van der Waals surface area contributed by atoms with Crippen molar-refractivity contribution >= 4 is 34.4 Å². The smallest absolute Gasteiger partial charge is 0.321 e. The van der Waals surface area contributed by atoms with Gasteiger partial charge in [-0.2, -0.15) is 4.98 Å². The van der Waals surface area contributed by atoms with Gasteiger partial charge in [0.25, 0.3) is 0 Å². The minimum absolute atomic E-state index is 0.0397. The molecular weight excluding hydrogens is 432 g/mol. The van der Waals surface area contributed by atoms with E-state index in [1.54, 1.807) is 18.3 Å². The van der Waals surface area contributed by atoms with Crippen LogP contribution in [0.2, 0.25) is 0 Å². The second kappa shape index (κ2) is 8.58. The van der Waals surface area contributed by atoms with Gasteiger partial charge in [0.1, 0.15) is 5.52 Å². The fraction of sp³-hybridized carbons (Fsp3) is 0.240. The maximum absolute atomic E-state index is 13.1. The Hall–Kier alpha value is -4.27. The Balaban J connectivity index is 1.64. The lowest BCUT2D eigenvalue weighted by molar-refractivity contribution is -0.115. The van der Waals surface area contributed by atoms with Gasteiger partial charge in [-0.15, -0.1) is 0 Å². The number of carbonyl (C=O) groups excluding carboxylic acids is 1. The maximum atomic E-state index is 13.1. The van der Waals surface area contributed by atoms with Crippen molar-refractivity contribution in [2.24, 2.45) is 5.92 Å². The van der Waals surface area contributed by atoms with Crippen molar-refractivity contribution in [1.82, 2.24) is 19.1 Å². The molecule has 9 heteroatoms. The molecule has 2 N–H and O–H groups in total. The average molecular weight is 457 g/mol. The highest BCUT2D eigenvalue weighted by Gasteiger charge is 2.19. The molecule has 4 aromatic rings. The number of amides is 1. The molecule has 0 saturated heterocycles. The van der Waals surface area contributed by atoms with E-state index in [0.717, 1.165) is 23.4 Å². The number of para-hydroxylation sites is 1. The number of carbonyl (C=O) groups is 1. The Kier molecular flexibility index (Phi) is 5.45. The molecule has 1 aliphatic heterocycles. The van der Waals surface area contributed by atoms with Crippen LogP contribution in [0.25, 0.3) is 16.9 Å². The number of nitrogens with one attached hydrogen (secondary N) is 2. The number of fused-ring (bicyclic) bond motifs is 2. The molecule has 9 nitrogen and oxygen atoms in total. The number of aryl methyl sites for hydroxylation is 1. The molecule has 172 valence electrons. The third-order valence-electron chi connectivity index (χ3n) is 5.81. The topological polar surface area (TPSA) is 111 Å². The highest BCUT2D eigenvalue weighted by molar-refractivity contribution is 5.99. The molecule has 2 aromatic heterocycles. The molecule has 0 fully saturated rings. The first-order chi connectivity index (χ1) is 16.4. The summed E-state index contributed by atoms with van der Waals surface area (Å²) in [7, 11) is 0. The van der Waals surface area contributed by atoms with Crippen molar-refractivity contribution in [2.45, 2.75) is 33.2 Å². The molecule has 5 rings (SSSR count). The lowest BCUT2D eigenvalue weighted by Gasteiger charge is -2.16. The second-order valence-electron chi connectivity index (χ2n) is 8.74. The molecule has 0 saturated carbocycles. The van der Waals surface area contributed by atoms with Crippen molar-refractivity contribution in [3.63, 3.8) is 0 Å². The van der Waals surface area contributed by atoms with Crippen molar-refractivity contribution < 1.29 is 4.79 Å². The predicted octanol–water partition coefficient (Wildman–Crippen LogP) is 3.23. The van der Waals surface area contributed by atoms with Crippen LogP contribution in [0.3, 0.4) is 0 Å². The number of rotatable bonds is 6. The van der Waals surface area contributed by atoms with Crippen LogP contribution in [0.15, 0.2) is 64.3 Å². The fourth-order valence-electron chi connectivity index (χ4n) is 4.06. The van der Waals surface area contributed by atoms with Gasteiger partial charge < -0.3 is 10.6 Å². The van der Waals surface area contributed by atoms with Crippen molar-refractivity contribution in [3.05, 3.63) is 81.0 Å². The van der Waals surface area contributed by atoms with Gasteiger partial charge in [0.2, 0.25) is 11.9 Å². The monoisotopic (exact) mass is 456 g/mol. The number of nitrogens with zero attached hydrogens (tertiary/aromatic N) is 4. The fourth-order valence-corrected chi connectivity index (χ4v) is 4.06. The summed E-state index contributed by atoms with van der Waals surface area (Å²) in [4.78, 5) is 46.9. The van der Waals surface area contributed by atoms with Gasteiger partial charge in [0.05, 0.1) is 12.6 Å². The van der Waals surface area contributed by atoms with Crippen LogP contribution < -0.4 is 21.8 Å². The van der Waals surface area contributed by atoms with E-state index in [1.165, 1.54) is 9.13 Å². The van der Waals surface area contributed by atoms with Crippen LogP contribution >= 0.6 is 0 Å². The summed E-state index contributed by atoms with van der Waals surface area (Å²) in [6, 6.07) is 14.5. The summed E-state index contributed by atoms with van der Waals surface area (Å²) in [6.07, 6.45) is 2.60. The summed E-state index contributed by atoms with van der Waals surface area (Å²) in [5.74, 6) is 0.600. The highest BCUT2D eigenvalue weighted by Crippen LogP contribution is 2.27. The van der Waals surface area contributed by atoms with Gasteiger partial charge >= 0.3 is 11.1 Å². The van der Waals surface area contributed by atoms with Gasteiger partial charge in [-0.25, -0.2) is 4.98 Å². The molecule has 0 radical (unpaired) electrons. The van der Waals surface area contributed by atoms with Crippen molar-refractivity contribution in [3.8, 4) is 5.69 Å². The van der Waals surface area contributed by atoms with Crippen LogP contribution in [0.1, 0.15) is 25.8 Å². The summed E-state index contributed by atoms with van der Waals surface area (Å²) in [5.41, 5.74) is 2.56. The van der Waals surface area contributed by atoms with Crippen molar-refractivity contribution in [1.29, 1.82) is 0 Å². The molecule has 2 aromatic carbocycles. The lowest BCUT2D eigenvalue weighted by atomic mass is 10.1. The molecular formula is C25H24N6O3. The zero-order valence-corrected chi connectivity index (χ0v) is 18.9. The van der Waals surface area contributed by atoms with E-state index in [1.807, 2.05) is 36.4 Å². The molecule has 1 amide bonds. The highest BCUT2D eigenvalue weighted by atomic mass is 16.2.